The first-order valence-electron chi connectivity index (χ1n) is 18.2. The van der Waals surface area contributed by atoms with Crippen molar-refractivity contribution in [2.45, 2.75) is 89.6 Å². The maximum atomic E-state index is 10.4. The van der Waals surface area contributed by atoms with Crippen LogP contribution in [0.15, 0.2) is 59.0 Å². The molecule has 10 nitrogen and oxygen atoms in total. The van der Waals surface area contributed by atoms with Gasteiger partial charge in [0, 0.05) is 50.1 Å². The van der Waals surface area contributed by atoms with Crippen LogP contribution in [-0.2, 0) is 14.3 Å². The van der Waals surface area contributed by atoms with E-state index in [0.29, 0.717) is 36.1 Å². The van der Waals surface area contributed by atoms with Crippen LogP contribution in [0.2, 0.25) is 0 Å². The highest BCUT2D eigenvalue weighted by Crippen LogP contribution is 2.36. The van der Waals surface area contributed by atoms with Crippen molar-refractivity contribution in [3.8, 4) is 17.2 Å². The number of carbonyl (C=O) groups excluding carboxylic acids is 1. The first-order chi connectivity index (χ1) is 24.6. The molecule has 260 valence electrons. The van der Waals surface area contributed by atoms with E-state index in [1.165, 1.54) is 43.2 Å². The van der Waals surface area contributed by atoms with Crippen LogP contribution in [0.25, 0.3) is 44.6 Å². The van der Waals surface area contributed by atoms with Gasteiger partial charge in [0.05, 0.1) is 22.1 Å². The molecular weight excluding hydrogens is 630 g/mol. The zero-order valence-corrected chi connectivity index (χ0v) is 29.0. The van der Waals surface area contributed by atoms with Crippen LogP contribution in [-0.4, -0.2) is 57.0 Å². The molecule has 1 aliphatic carbocycles. The van der Waals surface area contributed by atoms with Crippen molar-refractivity contribution in [2.75, 3.05) is 26.4 Å². The monoisotopic (exact) mass is 675 g/mol. The lowest BCUT2D eigenvalue weighted by atomic mass is 9.84. The highest BCUT2D eigenvalue weighted by molar-refractivity contribution is 5.83. The third-order valence-corrected chi connectivity index (χ3v) is 10.7. The number of benzene rings is 3. The number of carbonyl (C=O) groups is 1. The summed E-state index contributed by atoms with van der Waals surface area (Å²) >= 11 is 0. The number of nitrogens with zero attached hydrogens (tertiary/aromatic N) is 5. The zero-order valence-electron chi connectivity index (χ0n) is 29.0. The van der Waals surface area contributed by atoms with E-state index < -0.39 is 0 Å². The van der Waals surface area contributed by atoms with Gasteiger partial charge in [0.25, 0.3) is 6.47 Å². The SMILES string of the molecule is Cc1nc2cc(-c3nc4cc(C5CCCCC5)ccc4o3)ccc2n1C1CCOCC1.Cc1nc2cc(OC=O)ccc2n1C1CCOCC1. The van der Waals surface area contributed by atoms with E-state index in [1.54, 1.807) is 12.1 Å². The highest BCUT2D eigenvalue weighted by Gasteiger charge is 2.23. The second-order valence-electron chi connectivity index (χ2n) is 13.9. The number of imidazole rings is 2. The van der Waals surface area contributed by atoms with Crippen LogP contribution in [0.1, 0.15) is 93.0 Å². The fourth-order valence-electron chi connectivity index (χ4n) is 8.25. The second-order valence-corrected chi connectivity index (χ2v) is 13.9. The van der Waals surface area contributed by atoms with Crippen molar-refractivity contribution in [1.29, 1.82) is 0 Å². The van der Waals surface area contributed by atoms with E-state index in [0.717, 1.165) is 97.0 Å². The Bertz CT molecular complexity index is 2110. The first-order valence-corrected chi connectivity index (χ1v) is 18.2. The first kappa shape index (κ1) is 32.7. The number of fused-ring (bicyclic) bond motifs is 3. The molecule has 3 fully saturated rings. The Balaban J connectivity index is 0.000000163. The molecule has 0 N–H and O–H groups in total. The summed E-state index contributed by atoms with van der Waals surface area (Å²) < 4.78 is 26.6. The van der Waals surface area contributed by atoms with Crippen LogP contribution in [0.4, 0.5) is 0 Å². The van der Waals surface area contributed by atoms with Crippen molar-refractivity contribution in [2.24, 2.45) is 0 Å². The highest BCUT2D eigenvalue weighted by atomic mass is 16.5. The number of hydrogen-bond acceptors (Lipinski definition) is 8. The third kappa shape index (κ3) is 6.54. The van der Waals surface area contributed by atoms with Crippen molar-refractivity contribution < 1.29 is 23.4 Å². The van der Waals surface area contributed by atoms with Gasteiger partial charge in [-0.1, -0.05) is 25.3 Å². The second kappa shape index (κ2) is 14.4. The summed E-state index contributed by atoms with van der Waals surface area (Å²) in [5, 5.41) is 0. The lowest BCUT2D eigenvalue weighted by Gasteiger charge is -2.25. The molecule has 0 radical (unpaired) electrons. The maximum Gasteiger partial charge on any atom is 0.298 e. The Kier molecular flexibility index (Phi) is 9.38. The standard InChI is InChI=1S/C26H29N3O2.C14H16N2O3/c1-17-27-22-16-20(7-9-24(22)29(17)21-11-13-30-14-12-21)26-28-23-15-19(8-10-25(23)31-26)18-5-3-2-4-6-18;1-10-15-13-8-12(19-9-17)2-3-14(13)16(10)11-4-6-18-7-5-11/h7-10,15-16,18,21H,2-6,11-14H2,1H3;2-3,8-9,11H,4-7H2,1H3. The van der Waals surface area contributed by atoms with E-state index in [4.69, 9.17) is 28.6 Å². The van der Waals surface area contributed by atoms with Gasteiger partial charge in [-0.15, -0.1) is 0 Å². The number of oxazole rings is 1. The minimum Gasteiger partial charge on any atom is -0.436 e. The molecule has 9 rings (SSSR count). The smallest absolute Gasteiger partial charge is 0.298 e. The van der Waals surface area contributed by atoms with Crippen LogP contribution >= 0.6 is 0 Å². The van der Waals surface area contributed by atoms with Gasteiger partial charge < -0.3 is 27.8 Å². The number of ether oxygens (including phenoxy) is 3. The van der Waals surface area contributed by atoms with E-state index >= 15 is 0 Å². The minimum absolute atomic E-state index is 0.434. The van der Waals surface area contributed by atoms with Gasteiger partial charge in [-0.3, -0.25) is 4.79 Å². The average Bonchev–Trinajstić information content (AvgIpc) is 3.84. The summed E-state index contributed by atoms with van der Waals surface area (Å²) in [7, 11) is 0. The van der Waals surface area contributed by atoms with Crippen LogP contribution in [0, 0.1) is 13.8 Å². The van der Waals surface area contributed by atoms with Crippen LogP contribution in [0.3, 0.4) is 0 Å². The predicted octanol–water partition coefficient (Wildman–Crippen LogP) is 8.78. The van der Waals surface area contributed by atoms with Gasteiger partial charge >= 0.3 is 0 Å². The molecule has 10 heteroatoms. The van der Waals surface area contributed by atoms with Gasteiger partial charge in [0.2, 0.25) is 5.89 Å². The summed E-state index contributed by atoms with van der Waals surface area (Å²) in [6.07, 6.45) is 10.8. The largest absolute Gasteiger partial charge is 0.436 e. The van der Waals surface area contributed by atoms with Crippen LogP contribution < -0.4 is 4.74 Å². The Morgan fingerprint density at radius 2 is 1.30 bits per heavy atom. The molecule has 3 aliphatic rings. The van der Waals surface area contributed by atoms with Crippen LogP contribution in [0.5, 0.6) is 5.75 Å². The van der Waals surface area contributed by atoms with Gasteiger partial charge in [-0.25, -0.2) is 15.0 Å². The Labute approximate surface area is 291 Å². The fraction of sp³-hybridized carbons (Fsp3) is 0.450. The third-order valence-electron chi connectivity index (χ3n) is 10.7. The molecule has 5 heterocycles. The van der Waals surface area contributed by atoms with E-state index in [2.05, 4.69) is 57.4 Å². The number of rotatable bonds is 6. The maximum absolute atomic E-state index is 10.4. The molecule has 50 heavy (non-hydrogen) atoms. The fourth-order valence-corrected chi connectivity index (χ4v) is 8.25. The molecule has 6 aromatic rings. The molecule has 0 spiro atoms. The molecule has 3 aromatic heterocycles. The molecule has 2 aliphatic heterocycles. The van der Waals surface area contributed by atoms with Gasteiger partial charge in [0.15, 0.2) is 5.58 Å². The molecule has 0 atom stereocenters. The van der Waals surface area contributed by atoms with Crippen molar-refractivity contribution in [3.63, 3.8) is 0 Å². The number of aryl methyl sites for hydroxylation is 2. The Morgan fingerprint density at radius 1 is 0.680 bits per heavy atom. The van der Waals surface area contributed by atoms with E-state index in [-0.39, 0.29) is 0 Å². The number of aromatic nitrogens is 5. The lowest BCUT2D eigenvalue weighted by molar-refractivity contribution is -0.120. The normalized spacial score (nSPS) is 18.0. The topological polar surface area (TPSA) is 106 Å². The number of hydrogen-bond donors (Lipinski definition) is 0. The zero-order chi connectivity index (χ0) is 34.0. The summed E-state index contributed by atoms with van der Waals surface area (Å²) in [4.78, 5) is 24.6. The molecule has 1 saturated carbocycles. The summed E-state index contributed by atoms with van der Waals surface area (Å²) in [6.45, 7) is 7.80. The quantitative estimate of drug-likeness (QED) is 0.161. The predicted molar refractivity (Wildman–Crippen MR) is 193 cm³/mol. The van der Waals surface area contributed by atoms with E-state index in [9.17, 15) is 4.79 Å². The van der Waals surface area contributed by atoms with Gasteiger partial charge in [0.1, 0.15) is 22.9 Å². The van der Waals surface area contributed by atoms with Crippen molar-refractivity contribution >= 4 is 39.6 Å². The Morgan fingerprint density at radius 3 is 1.94 bits per heavy atom. The lowest BCUT2D eigenvalue weighted by Crippen LogP contribution is -2.20. The van der Waals surface area contributed by atoms with Gasteiger partial charge in [-0.2, -0.15) is 0 Å². The molecule has 0 unspecified atom stereocenters. The molecule has 0 bridgehead atoms. The van der Waals surface area contributed by atoms with Gasteiger partial charge in [-0.05, 0) is 106 Å². The minimum atomic E-state index is 0.434. The summed E-state index contributed by atoms with van der Waals surface area (Å²) in [5.41, 5.74) is 8.36. The molecule has 2 saturated heterocycles. The van der Waals surface area contributed by atoms with E-state index in [1.807, 2.05) is 13.0 Å². The molecule has 0 amide bonds. The average molecular weight is 676 g/mol. The summed E-state index contributed by atoms with van der Waals surface area (Å²) in [5.74, 6) is 3.93. The Hall–Kier alpha value is -4.54. The molecular formula is C40H45N5O5. The van der Waals surface area contributed by atoms with Crippen molar-refractivity contribution in [3.05, 3.63) is 71.8 Å². The molecule has 3 aromatic carbocycles. The summed E-state index contributed by atoms with van der Waals surface area (Å²) in [6, 6.07) is 19.4. The van der Waals surface area contributed by atoms with Crippen molar-refractivity contribution in [1.82, 2.24) is 24.1 Å².